The molecular weight excluding hydrogens is 294 g/mol. The van der Waals surface area contributed by atoms with Crippen LogP contribution in [-0.2, 0) is 6.42 Å². The Morgan fingerprint density at radius 2 is 2.05 bits per heavy atom. The number of benzene rings is 1. The van der Waals surface area contributed by atoms with Gasteiger partial charge in [0, 0.05) is 6.04 Å². The maximum Gasteiger partial charge on any atom is 0.115 e. The molecule has 22 heavy (non-hydrogen) atoms. The van der Waals surface area contributed by atoms with E-state index >= 15 is 0 Å². The van der Waals surface area contributed by atoms with Gasteiger partial charge in [0.1, 0.15) is 5.75 Å². The monoisotopic (exact) mass is 319 g/mol. The fourth-order valence-electron chi connectivity index (χ4n) is 6.84. The van der Waals surface area contributed by atoms with Gasteiger partial charge >= 0.3 is 0 Å². The van der Waals surface area contributed by atoms with Gasteiger partial charge in [-0.15, -0.1) is 12.4 Å². The molecule has 0 aromatic heterocycles. The standard InChI is InChI=1S/C19H25NO.ClH/c1-20-9-7-16-12-3-5-17-15-11-14(21)4-2-13(15)10-18(20)19(16,17)8-6-12;/h2,4,11-12,16-18,21H,3,5-10H2,1H3;1H. The first kappa shape index (κ1) is 14.8. The third-order valence-electron chi connectivity index (χ3n) is 7.55. The average Bonchev–Trinajstić information content (AvgIpc) is 2.72. The molecule has 120 valence electrons. The van der Waals surface area contributed by atoms with E-state index in [1.54, 1.807) is 0 Å². The van der Waals surface area contributed by atoms with Gasteiger partial charge < -0.3 is 10.0 Å². The lowest BCUT2D eigenvalue weighted by atomic mass is 9.50. The van der Waals surface area contributed by atoms with Crippen LogP contribution in [0.25, 0.3) is 0 Å². The van der Waals surface area contributed by atoms with Crippen molar-refractivity contribution in [3.63, 3.8) is 0 Å². The van der Waals surface area contributed by atoms with Crippen LogP contribution in [0.4, 0.5) is 0 Å². The van der Waals surface area contributed by atoms with Crippen LogP contribution in [0.3, 0.4) is 0 Å². The summed E-state index contributed by atoms with van der Waals surface area (Å²) < 4.78 is 0. The maximum absolute atomic E-state index is 9.99. The lowest BCUT2D eigenvalue weighted by molar-refractivity contribution is -0.0646. The molecule has 1 heterocycles. The Balaban J connectivity index is 0.00000125. The Hall–Kier alpha value is -0.730. The van der Waals surface area contributed by atoms with E-state index < -0.39 is 0 Å². The maximum atomic E-state index is 9.99. The van der Waals surface area contributed by atoms with E-state index in [1.807, 2.05) is 6.07 Å². The molecule has 1 aromatic carbocycles. The third kappa shape index (κ3) is 1.66. The molecule has 2 nitrogen and oxygen atoms in total. The van der Waals surface area contributed by atoms with Gasteiger partial charge in [0.2, 0.25) is 0 Å². The van der Waals surface area contributed by atoms with Crippen LogP contribution in [0.15, 0.2) is 18.2 Å². The summed E-state index contributed by atoms with van der Waals surface area (Å²) in [7, 11) is 2.35. The highest BCUT2D eigenvalue weighted by Gasteiger charge is 2.63. The van der Waals surface area contributed by atoms with E-state index in [0.717, 1.165) is 17.9 Å². The van der Waals surface area contributed by atoms with Gasteiger partial charge in [0.15, 0.2) is 0 Å². The fourth-order valence-corrected chi connectivity index (χ4v) is 6.84. The molecule has 1 saturated heterocycles. The molecule has 5 atom stereocenters. The second-order valence-electron chi connectivity index (χ2n) is 8.02. The van der Waals surface area contributed by atoms with E-state index in [2.05, 4.69) is 24.1 Å². The van der Waals surface area contributed by atoms with E-state index in [1.165, 1.54) is 56.2 Å². The van der Waals surface area contributed by atoms with Gasteiger partial charge in [-0.3, -0.25) is 0 Å². The molecule has 1 spiro atoms. The number of nitrogens with zero attached hydrogens (tertiary/aromatic N) is 1. The smallest absolute Gasteiger partial charge is 0.115 e. The third-order valence-corrected chi connectivity index (χ3v) is 7.55. The molecule has 5 rings (SSSR count). The minimum absolute atomic E-state index is 0. The number of likely N-dealkylation sites (N-methyl/N-ethyl adjacent to an activating group) is 1. The van der Waals surface area contributed by atoms with Crippen molar-refractivity contribution in [1.29, 1.82) is 0 Å². The van der Waals surface area contributed by atoms with Crippen molar-refractivity contribution in [3.8, 4) is 5.75 Å². The van der Waals surface area contributed by atoms with Gasteiger partial charge in [-0.2, -0.15) is 0 Å². The minimum Gasteiger partial charge on any atom is -0.508 e. The number of halogens is 1. The van der Waals surface area contributed by atoms with Crippen LogP contribution < -0.4 is 0 Å². The molecule has 3 fully saturated rings. The lowest BCUT2D eigenvalue weighted by Crippen LogP contribution is -2.60. The van der Waals surface area contributed by atoms with Crippen LogP contribution in [0.2, 0.25) is 0 Å². The highest BCUT2D eigenvalue weighted by atomic mass is 35.5. The SMILES string of the molecule is CN1CCC2C3CCC4c5cc(O)ccc5CC1C42CC3.Cl. The Morgan fingerprint density at radius 3 is 2.91 bits per heavy atom. The van der Waals surface area contributed by atoms with Gasteiger partial charge in [0.05, 0.1) is 0 Å². The summed E-state index contributed by atoms with van der Waals surface area (Å²) >= 11 is 0. The quantitative estimate of drug-likeness (QED) is 0.782. The van der Waals surface area contributed by atoms with Crippen LogP contribution in [0.5, 0.6) is 5.75 Å². The molecule has 2 bridgehead atoms. The number of aromatic hydroxyl groups is 1. The molecule has 3 aliphatic carbocycles. The summed E-state index contributed by atoms with van der Waals surface area (Å²) in [6.07, 6.45) is 8.26. The van der Waals surface area contributed by atoms with Crippen LogP contribution in [0, 0.1) is 17.3 Å². The van der Waals surface area contributed by atoms with Crippen molar-refractivity contribution in [2.45, 2.75) is 50.5 Å². The average molecular weight is 320 g/mol. The Bertz CT molecular complexity index is 603. The highest BCUT2D eigenvalue weighted by Crippen LogP contribution is 2.68. The van der Waals surface area contributed by atoms with Gasteiger partial charge in [-0.1, -0.05) is 6.07 Å². The molecule has 3 heteroatoms. The first-order valence-corrected chi connectivity index (χ1v) is 8.72. The molecule has 1 N–H and O–H groups in total. The number of phenolic OH excluding ortho intramolecular Hbond substituents is 1. The molecule has 5 unspecified atom stereocenters. The number of hydrogen-bond acceptors (Lipinski definition) is 2. The number of hydrogen-bond donors (Lipinski definition) is 1. The van der Waals surface area contributed by atoms with Crippen molar-refractivity contribution in [2.75, 3.05) is 13.6 Å². The van der Waals surface area contributed by atoms with Crippen LogP contribution in [-0.4, -0.2) is 29.6 Å². The number of piperidine rings is 1. The summed E-state index contributed by atoms with van der Waals surface area (Å²) in [5, 5.41) is 9.99. The number of likely N-dealkylation sites (tertiary alicyclic amines) is 1. The van der Waals surface area contributed by atoms with E-state index in [0.29, 0.717) is 17.1 Å². The van der Waals surface area contributed by atoms with Crippen molar-refractivity contribution >= 4 is 12.4 Å². The van der Waals surface area contributed by atoms with Crippen molar-refractivity contribution in [2.24, 2.45) is 17.3 Å². The molecular formula is C19H26ClNO. The highest BCUT2D eigenvalue weighted by molar-refractivity contribution is 5.85. The van der Waals surface area contributed by atoms with E-state index in [9.17, 15) is 5.11 Å². The Morgan fingerprint density at radius 1 is 1.18 bits per heavy atom. The number of fused-ring (bicyclic) bond motifs is 2. The molecule has 0 radical (unpaired) electrons. The van der Waals surface area contributed by atoms with Gasteiger partial charge in [-0.05, 0) is 98.5 Å². The predicted octanol–water partition coefficient (Wildman–Crippen LogP) is 3.96. The first-order chi connectivity index (χ1) is 10.2. The second-order valence-corrected chi connectivity index (χ2v) is 8.02. The van der Waals surface area contributed by atoms with Gasteiger partial charge in [0.25, 0.3) is 0 Å². The molecule has 4 aliphatic rings. The molecule has 0 amide bonds. The van der Waals surface area contributed by atoms with Crippen molar-refractivity contribution in [1.82, 2.24) is 4.90 Å². The summed E-state index contributed by atoms with van der Waals surface area (Å²) in [6.45, 7) is 1.29. The zero-order chi connectivity index (χ0) is 14.2. The molecule has 2 saturated carbocycles. The summed E-state index contributed by atoms with van der Waals surface area (Å²) in [5.41, 5.74) is 3.52. The van der Waals surface area contributed by atoms with E-state index in [4.69, 9.17) is 0 Å². The molecule has 1 aromatic rings. The Labute approximate surface area is 139 Å². The summed E-state index contributed by atoms with van der Waals surface area (Å²) in [6, 6.07) is 6.91. The fraction of sp³-hybridized carbons (Fsp3) is 0.684. The Kier molecular flexibility index (Phi) is 3.29. The molecule has 1 aliphatic heterocycles. The number of phenols is 1. The van der Waals surface area contributed by atoms with Crippen LogP contribution >= 0.6 is 12.4 Å². The summed E-state index contributed by atoms with van der Waals surface area (Å²) in [4.78, 5) is 2.66. The first-order valence-electron chi connectivity index (χ1n) is 8.72. The number of rotatable bonds is 0. The van der Waals surface area contributed by atoms with Crippen LogP contribution in [0.1, 0.15) is 49.1 Å². The van der Waals surface area contributed by atoms with Gasteiger partial charge in [-0.25, -0.2) is 0 Å². The minimum atomic E-state index is 0. The lowest BCUT2D eigenvalue weighted by Gasteiger charge is -2.60. The second kappa shape index (κ2) is 4.88. The summed E-state index contributed by atoms with van der Waals surface area (Å²) in [5.74, 6) is 3.11. The predicted molar refractivity (Wildman–Crippen MR) is 90.7 cm³/mol. The zero-order valence-electron chi connectivity index (χ0n) is 13.3. The van der Waals surface area contributed by atoms with E-state index in [-0.39, 0.29) is 12.4 Å². The zero-order valence-corrected chi connectivity index (χ0v) is 14.1. The largest absolute Gasteiger partial charge is 0.508 e. The van der Waals surface area contributed by atoms with Crippen molar-refractivity contribution < 1.29 is 5.11 Å². The normalized spacial score (nSPS) is 42.2. The van der Waals surface area contributed by atoms with Crippen molar-refractivity contribution in [3.05, 3.63) is 29.3 Å². The topological polar surface area (TPSA) is 23.5 Å².